The summed E-state index contributed by atoms with van der Waals surface area (Å²) in [5, 5.41) is 4.44. The van der Waals surface area contributed by atoms with Gasteiger partial charge in [0.25, 0.3) is 6.71 Å². The van der Waals surface area contributed by atoms with Crippen LogP contribution in [0.25, 0.3) is 72.0 Å². The second-order valence-electron chi connectivity index (χ2n) is 14.5. The Morgan fingerprint density at radius 2 is 1.25 bits per heavy atom. The summed E-state index contributed by atoms with van der Waals surface area (Å²) in [7, 11) is 0. The van der Waals surface area contributed by atoms with Crippen molar-refractivity contribution in [2.45, 2.75) is 20.8 Å². The summed E-state index contributed by atoms with van der Waals surface area (Å²) in [6.45, 7) is 6.64. The maximum absolute atomic E-state index is 6.58. The molecule has 12 rings (SSSR count). The van der Waals surface area contributed by atoms with E-state index in [1.54, 1.807) is 0 Å². The monoisotopic (exact) mass is 667 g/mol. The molecule has 52 heavy (non-hydrogen) atoms. The molecule has 5 nitrogen and oxygen atoms in total. The highest BCUT2D eigenvalue weighted by Gasteiger charge is 2.43. The van der Waals surface area contributed by atoms with Crippen molar-refractivity contribution < 1.29 is 8.83 Å². The molecule has 7 aromatic carbocycles. The summed E-state index contributed by atoms with van der Waals surface area (Å²) in [5.74, 6) is 0.916. The van der Waals surface area contributed by atoms with Crippen molar-refractivity contribution in [1.29, 1.82) is 0 Å². The minimum absolute atomic E-state index is 0.0209. The van der Waals surface area contributed by atoms with Gasteiger partial charge in [0.05, 0.1) is 16.7 Å². The fourth-order valence-corrected chi connectivity index (χ4v) is 9.56. The second-order valence-corrected chi connectivity index (χ2v) is 14.5. The molecule has 10 aromatic rings. The molecule has 0 amide bonds. The van der Waals surface area contributed by atoms with Gasteiger partial charge in [-0.05, 0) is 96.8 Å². The summed E-state index contributed by atoms with van der Waals surface area (Å²) < 4.78 is 15.4. The summed E-state index contributed by atoms with van der Waals surface area (Å²) in [5.41, 5.74) is 19.0. The van der Waals surface area contributed by atoms with Gasteiger partial charge in [0.15, 0.2) is 0 Å². The van der Waals surface area contributed by atoms with Crippen molar-refractivity contribution in [2.24, 2.45) is 0 Å². The van der Waals surface area contributed by atoms with Gasteiger partial charge in [-0.3, -0.25) is 4.57 Å². The van der Waals surface area contributed by atoms with Gasteiger partial charge in [-0.25, -0.2) is 4.98 Å². The first-order valence-electron chi connectivity index (χ1n) is 17.9. The number of para-hydroxylation sites is 3. The van der Waals surface area contributed by atoms with Gasteiger partial charge < -0.3 is 13.7 Å². The summed E-state index contributed by atoms with van der Waals surface area (Å²) >= 11 is 0. The van der Waals surface area contributed by atoms with Crippen molar-refractivity contribution in [3.8, 4) is 17.1 Å². The molecule has 5 heterocycles. The summed E-state index contributed by atoms with van der Waals surface area (Å²) in [4.78, 5) is 7.96. The first-order valence-corrected chi connectivity index (χ1v) is 17.9. The van der Waals surface area contributed by atoms with Gasteiger partial charge in [-0.2, -0.15) is 0 Å². The predicted octanol–water partition coefficient (Wildman–Crippen LogP) is 10.0. The summed E-state index contributed by atoms with van der Waals surface area (Å²) in [6, 6.07) is 45.7. The molecule has 6 heteroatoms. The van der Waals surface area contributed by atoms with Crippen LogP contribution in [0.1, 0.15) is 16.7 Å². The zero-order chi connectivity index (χ0) is 34.4. The average molecular weight is 668 g/mol. The number of benzene rings is 7. The van der Waals surface area contributed by atoms with E-state index in [4.69, 9.17) is 13.8 Å². The van der Waals surface area contributed by atoms with E-state index in [1.807, 2.05) is 18.2 Å². The van der Waals surface area contributed by atoms with Crippen LogP contribution in [0, 0.1) is 20.8 Å². The molecule has 0 spiro atoms. The first-order chi connectivity index (χ1) is 25.5. The van der Waals surface area contributed by atoms with E-state index in [9.17, 15) is 0 Å². The highest BCUT2D eigenvalue weighted by Crippen LogP contribution is 2.45. The lowest BCUT2D eigenvalue weighted by atomic mass is 9.34. The van der Waals surface area contributed by atoms with E-state index in [0.29, 0.717) is 0 Å². The van der Waals surface area contributed by atoms with Crippen LogP contribution in [0.15, 0.2) is 136 Å². The standard InChI is InChI=1S/C46H30BN3O2/c1-25-21-26(2)44(27(3)22-25)49-35-16-10-17-36-43(35)47(33-24-41-31(23-37(33)49)28-11-4-6-18-38(28)52-41)32-14-9-15-34-45(32)50(36)46(48-34)30-13-8-20-40-42(30)29-12-5-7-19-39(29)51-40/h4-24H,1-3H3. The lowest BCUT2D eigenvalue weighted by molar-refractivity contribution is 0.668. The molecular formula is C46H30BN3O2. The maximum Gasteiger partial charge on any atom is 0.252 e. The molecule has 0 aliphatic carbocycles. The van der Waals surface area contributed by atoms with Gasteiger partial charge in [-0.15, -0.1) is 0 Å². The van der Waals surface area contributed by atoms with Crippen LogP contribution in [0.4, 0.5) is 17.1 Å². The van der Waals surface area contributed by atoms with Crippen molar-refractivity contribution in [1.82, 2.24) is 9.55 Å². The number of aryl methyl sites for hydroxylation is 3. The Hall–Kier alpha value is -6.53. The van der Waals surface area contributed by atoms with Crippen LogP contribution in [0.5, 0.6) is 0 Å². The van der Waals surface area contributed by atoms with E-state index in [0.717, 1.165) is 72.0 Å². The highest BCUT2D eigenvalue weighted by molar-refractivity contribution is 7.00. The number of hydrogen-bond donors (Lipinski definition) is 0. The molecule has 0 fully saturated rings. The van der Waals surface area contributed by atoms with Crippen LogP contribution in [0.2, 0.25) is 0 Å². The third-order valence-electron chi connectivity index (χ3n) is 11.4. The topological polar surface area (TPSA) is 47.3 Å². The largest absolute Gasteiger partial charge is 0.456 e. The van der Waals surface area contributed by atoms with Gasteiger partial charge in [-0.1, -0.05) is 84.4 Å². The molecule has 0 bridgehead atoms. The van der Waals surface area contributed by atoms with E-state index in [2.05, 4.69) is 139 Å². The van der Waals surface area contributed by atoms with Gasteiger partial charge in [0.2, 0.25) is 0 Å². The molecule has 0 saturated carbocycles. The number of rotatable bonds is 2. The zero-order valence-corrected chi connectivity index (χ0v) is 28.9. The minimum Gasteiger partial charge on any atom is -0.456 e. The highest BCUT2D eigenvalue weighted by atomic mass is 16.3. The third-order valence-corrected chi connectivity index (χ3v) is 11.4. The molecule has 0 unspecified atom stereocenters. The Labute approximate surface area is 299 Å². The smallest absolute Gasteiger partial charge is 0.252 e. The van der Waals surface area contributed by atoms with E-state index >= 15 is 0 Å². The van der Waals surface area contributed by atoms with Crippen molar-refractivity contribution >= 4 is 95.1 Å². The Morgan fingerprint density at radius 1 is 0.558 bits per heavy atom. The fourth-order valence-electron chi connectivity index (χ4n) is 9.56. The molecule has 0 saturated heterocycles. The van der Waals surface area contributed by atoms with E-state index in [-0.39, 0.29) is 6.71 Å². The minimum atomic E-state index is -0.0209. The average Bonchev–Trinajstić information content (AvgIpc) is 3.85. The Kier molecular flexibility index (Phi) is 5.33. The molecular weight excluding hydrogens is 637 g/mol. The Balaban J connectivity index is 1.23. The predicted molar refractivity (Wildman–Crippen MR) is 215 cm³/mol. The summed E-state index contributed by atoms with van der Waals surface area (Å²) in [6.07, 6.45) is 0. The molecule has 3 aromatic heterocycles. The van der Waals surface area contributed by atoms with Gasteiger partial charge >= 0.3 is 0 Å². The SMILES string of the molecule is Cc1cc(C)c(N2c3cc4c(cc3B3c5c2cccc5-n2c(-c5cccc6oc7ccccc7c56)nc5cccc3c52)oc2ccccc24)c(C)c1. The van der Waals surface area contributed by atoms with Crippen LogP contribution in [0.3, 0.4) is 0 Å². The van der Waals surface area contributed by atoms with E-state index in [1.165, 1.54) is 50.1 Å². The maximum atomic E-state index is 6.58. The second kappa shape index (κ2) is 9.83. The van der Waals surface area contributed by atoms with Gasteiger partial charge in [0.1, 0.15) is 28.2 Å². The number of imidazole rings is 1. The molecule has 2 aliphatic heterocycles. The number of aromatic nitrogens is 2. The van der Waals surface area contributed by atoms with Crippen LogP contribution in [-0.2, 0) is 0 Å². The number of anilines is 3. The molecule has 244 valence electrons. The third kappa shape index (κ3) is 3.51. The van der Waals surface area contributed by atoms with Crippen molar-refractivity contribution in [2.75, 3.05) is 4.90 Å². The quantitative estimate of drug-likeness (QED) is 0.172. The number of fused-ring (bicyclic) bond motifs is 10. The number of hydrogen-bond acceptors (Lipinski definition) is 4. The van der Waals surface area contributed by atoms with Crippen LogP contribution in [-0.4, -0.2) is 16.3 Å². The first kappa shape index (κ1) is 28.2. The molecule has 2 aliphatic rings. The fraction of sp³-hybridized carbons (Fsp3) is 0.0652. The van der Waals surface area contributed by atoms with Crippen molar-refractivity contribution in [3.05, 3.63) is 144 Å². The van der Waals surface area contributed by atoms with Crippen molar-refractivity contribution in [3.63, 3.8) is 0 Å². The Bertz CT molecular complexity index is 3180. The van der Waals surface area contributed by atoms with Crippen LogP contribution < -0.4 is 21.3 Å². The molecule has 0 atom stereocenters. The van der Waals surface area contributed by atoms with E-state index < -0.39 is 0 Å². The Morgan fingerprint density at radius 3 is 2.10 bits per heavy atom. The zero-order valence-electron chi connectivity index (χ0n) is 28.9. The lowest BCUT2D eigenvalue weighted by Gasteiger charge is -2.41. The lowest BCUT2D eigenvalue weighted by Crippen LogP contribution is -2.60. The number of nitrogens with zero attached hydrogens (tertiary/aromatic N) is 3. The molecule has 0 radical (unpaired) electrons. The van der Waals surface area contributed by atoms with Gasteiger partial charge in [0, 0.05) is 44.2 Å². The number of furan rings is 2. The van der Waals surface area contributed by atoms with Crippen LogP contribution >= 0.6 is 0 Å². The molecule has 0 N–H and O–H groups in total. The normalized spacial score (nSPS) is 13.2.